The fourth-order valence-electron chi connectivity index (χ4n) is 4.95. The van der Waals surface area contributed by atoms with Crippen molar-refractivity contribution in [3.8, 4) is 0 Å². The van der Waals surface area contributed by atoms with E-state index in [2.05, 4.69) is 55.2 Å². The molecule has 4 rings (SSSR count). The molecule has 11 heteroatoms. The molecule has 1 fully saturated rings. The molecule has 3 heterocycles. The van der Waals surface area contributed by atoms with Gasteiger partial charge in [-0.05, 0) is 43.0 Å². The summed E-state index contributed by atoms with van der Waals surface area (Å²) >= 11 is 0. The summed E-state index contributed by atoms with van der Waals surface area (Å²) in [6.45, 7) is 12.5. The smallest absolute Gasteiger partial charge is 0.319 e. The quantitative estimate of drug-likeness (QED) is 0.225. The van der Waals surface area contributed by atoms with Crippen LogP contribution in [0.4, 0.5) is 16.3 Å². The summed E-state index contributed by atoms with van der Waals surface area (Å²) in [7, 11) is 0. The monoisotopic (exact) mass is 540 g/mol. The van der Waals surface area contributed by atoms with Gasteiger partial charge in [0.2, 0.25) is 0 Å². The number of quaternary nitrogens is 1. The van der Waals surface area contributed by atoms with Crippen LogP contribution in [-0.2, 0) is 10.2 Å². The largest absolute Gasteiger partial charge is 0.387 e. The second kappa shape index (κ2) is 11.9. The molecule has 5 atom stereocenters. The molecule has 7 N–H and O–H groups in total. The second-order valence-corrected chi connectivity index (χ2v) is 11.6. The summed E-state index contributed by atoms with van der Waals surface area (Å²) in [6.07, 6.45) is 0.343. The van der Waals surface area contributed by atoms with E-state index in [-0.39, 0.29) is 17.5 Å². The number of ether oxygens (including phenoxy) is 1. The summed E-state index contributed by atoms with van der Waals surface area (Å²) in [5.41, 5.74) is 8.50. The van der Waals surface area contributed by atoms with Crippen molar-refractivity contribution in [2.45, 2.75) is 77.0 Å². The number of carbonyl (C=O) groups excluding carboxylic acids is 1. The highest BCUT2D eigenvalue weighted by Crippen LogP contribution is 2.32. The van der Waals surface area contributed by atoms with Crippen molar-refractivity contribution >= 4 is 28.6 Å². The molecule has 1 aliphatic rings. The normalized spacial score (nSPS) is 22.4. The number of amides is 2. The third-order valence-corrected chi connectivity index (χ3v) is 7.40. The van der Waals surface area contributed by atoms with Gasteiger partial charge in [-0.3, -0.25) is 0 Å². The van der Waals surface area contributed by atoms with Crippen LogP contribution in [0.2, 0.25) is 0 Å². The highest BCUT2D eigenvalue weighted by Gasteiger charge is 2.46. The van der Waals surface area contributed by atoms with Crippen LogP contribution in [0.1, 0.15) is 52.8 Å². The van der Waals surface area contributed by atoms with Gasteiger partial charge < -0.3 is 40.8 Å². The lowest BCUT2D eigenvalue weighted by atomic mass is 9.87. The number of nitrogens with one attached hydrogen (secondary N) is 3. The van der Waals surface area contributed by atoms with E-state index < -0.39 is 24.5 Å². The lowest BCUT2D eigenvalue weighted by Crippen LogP contribution is -3.16. The number of aliphatic hydroxyl groups is 2. The molecule has 0 aliphatic carbocycles. The van der Waals surface area contributed by atoms with Crippen LogP contribution in [0.15, 0.2) is 42.9 Å². The number of fused-ring (bicyclic) bond motifs is 1. The SMILES string of the molecule is CC(C)[NH+](CCCNC(=O)Nc1ccc(C(C)(C)C)cc1)C[C@H]1O[C@@H](n2ccc3c(N)ncnc32)[C@H](O)[C@@H]1O. The van der Waals surface area contributed by atoms with E-state index in [0.717, 1.165) is 18.7 Å². The zero-order chi connectivity index (χ0) is 28.3. The summed E-state index contributed by atoms with van der Waals surface area (Å²) in [5.74, 6) is 0.347. The Bertz CT molecular complexity index is 1260. The zero-order valence-electron chi connectivity index (χ0n) is 23.4. The van der Waals surface area contributed by atoms with E-state index in [9.17, 15) is 15.0 Å². The first-order valence-corrected chi connectivity index (χ1v) is 13.5. The lowest BCUT2D eigenvalue weighted by molar-refractivity contribution is -0.924. The number of carbonyl (C=O) groups is 1. The Morgan fingerprint density at radius 3 is 2.54 bits per heavy atom. The van der Waals surface area contributed by atoms with E-state index in [1.165, 1.54) is 16.8 Å². The first-order valence-electron chi connectivity index (χ1n) is 13.5. The molecule has 1 unspecified atom stereocenters. The molecule has 0 spiro atoms. The maximum atomic E-state index is 12.4. The van der Waals surface area contributed by atoms with Crippen LogP contribution in [0, 0.1) is 0 Å². The summed E-state index contributed by atoms with van der Waals surface area (Å²) in [6, 6.07) is 9.68. The Labute approximate surface area is 229 Å². The number of hydrogen-bond acceptors (Lipinski definition) is 7. The van der Waals surface area contributed by atoms with Gasteiger partial charge in [0.15, 0.2) is 6.23 Å². The Kier molecular flexibility index (Phi) is 8.75. The minimum atomic E-state index is -1.11. The van der Waals surface area contributed by atoms with Crippen molar-refractivity contribution in [2.75, 3.05) is 30.7 Å². The Morgan fingerprint density at radius 2 is 1.87 bits per heavy atom. The molecule has 2 aromatic heterocycles. The molecule has 0 saturated carbocycles. The predicted molar refractivity (Wildman–Crippen MR) is 150 cm³/mol. The molecule has 0 bridgehead atoms. The maximum Gasteiger partial charge on any atom is 0.319 e. The number of urea groups is 1. The van der Waals surface area contributed by atoms with Crippen molar-refractivity contribution in [3.05, 3.63) is 48.4 Å². The minimum absolute atomic E-state index is 0.0596. The molecule has 1 aliphatic heterocycles. The average Bonchev–Trinajstić information content (AvgIpc) is 3.42. The van der Waals surface area contributed by atoms with E-state index in [1.54, 1.807) is 16.8 Å². The highest BCUT2D eigenvalue weighted by molar-refractivity contribution is 5.89. The zero-order valence-corrected chi connectivity index (χ0v) is 23.4. The molecule has 39 heavy (non-hydrogen) atoms. The first kappa shape index (κ1) is 28.8. The number of hydrogen-bond donors (Lipinski definition) is 6. The second-order valence-electron chi connectivity index (χ2n) is 11.6. The average molecular weight is 541 g/mol. The fraction of sp³-hybridized carbons (Fsp3) is 0.536. The third-order valence-electron chi connectivity index (χ3n) is 7.40. The molecule has 1 saturated heterocycles. The van der Waals surface area contributed by atoms with Crippen LogP contribution in [0.25, 0.3) is 11.0 Å². The van der Waals surface area contributed by atoms with Gasteiger partial charge in [-0.1, -0.05) is 32.9 Å². The Morgan fingerprint density at radius 1 is 1.15 bits per heavy atom. The van der Waals surface area contributed by atoms with E-state index in [0.29, 0.717) is 29.9 Å². The number of nitrogens with two attached hydrogens (primary N) is 1. The van der Waals surface area contributed by atoms with Gasteiger partial charge in [0.1, 0.15) is 42.6 Å². The van der Waals surface area contributed by atoms with E-state index in [4.69, 9.17) is 10.5 Å². The number of benzene rings is 1. The van der Waals surface area contributed by atoms with Crippen molar-refractivity contribution < 1.29 is 24.6 Å². The fourth-order valence-corrected chi connectivity index (χ4v) is 4.95. The van der Waals surface area contributed by atoms with E-state index in [1.807, 2.05) is 24.3 Å². The maximum absolute atomic E-state index is 12.4. The number of nitrogen functional groups attached to an aromatic ring is 1. The Hall–Kier alpha value is -3.25. The summed E-state index contributed by atoms with van der Waals surface area (Å²) in [5, 5.41) is 28.1. The number of aromatic nitrogens is 3. The van der Waals surface area contributed by atoms with Crippen LogP contribution >= 0.6 is 0 Å². The van der Waals surface area contributed by atoms with Crippen molar-refractivity contribution in [2.24, 2.45) is 0 Å². The number of nitrogens with zero attached hydrogens (tertiary/aromatic N) is 3. The van der Waals surface area contributed by atoms with Crippen LogP contribution < -0.4 is 21.3 Å². The number of aliphatic hydroxyl groups excluding tert-OH is 2. The van der Waals surface area contributed by atoms with Crippen molar-refractivity contribution in [1.82, 2.24) is 19.9 Å². The van der Waals surface area contributed by atoms with Gasteiger partial charge in [-0.25, -0.2) is 14.8 Å². The molecular weight excluding hydrogens is 498 g/mol. The van der Waals surface area contributed by atoms with E-state index >= 15 is 0 Å². The minimum Gasteiger partial charge on any atom is -0.387 e. The van der Waals surface area contributed by atoms with Crippen molar-refractivity contribution in [3.63, 3.8) is 0 Å². The third kappa shape index (κ3) is 6.67. The molecule has 212 valence electrons. The van der Waals surface area contributed by atoms with Gasteiger partial charge in [-0.15, -0.1) is 0 Å². The molecule has 3 aromatic rings. The summed E-state index contributed by atoms with van der Waals surface area (Å²) in [4.78, 5) is 21.8. The Balaban J connectivity index is 1.27. The van der Waals surface area contributed by atoms with Gasteiger partial charge in [0, 0.05) is 24.8 Å². The van der Waals surface area contributed by atoms with Gasteiger partial charge in [0.25, 0.3) is 0 Å². The van der Waals surface area contributed by atoms with Crippen molar-refractivity contribution in [1.29, 1.82) is 0 Å². The van der Waals surface area contributed by atoms with Crippen LogP contribution in [0.5, 0.6) is 0 Å². The molecule has 11 nitrogen and oxygen atoms in total. The topological polar surface area (TPSA) is 152 Å². The molecule has 2 amide bonds. The van der Waals surface area contributed by atoms with Gasteiger partial charge >= 0.3 is 6.03 Å². The number of rotatable bonds is 9. The standard InChI is InChI=1S/C28H41N7O4/c1-17(2)34(13-6-12-30-27(38)33-19-9-7-18(8-10-19)28(3,4)5)15-21-22(36)23(37)26(39-21)35-14-11-20-24(29)31-16-32-25(20)35/h7-11,14,16-17,21-23,26,36-37H,6,12-13,15H2,1-5H3,(H2,29,31,32)(H2,30,33,38)/p+1/t21-,22-,23-,26-/m1/s1. The summed E-state index contributed by atoms with van der Waals surface area (Å²) < 4.78 is 7.85. The van der Waals surface area contributed by atoms with Crippen LogP contribution in [-0.4, -0.2) is 74.8 Å². The number of anilines is 2. The van der Waals surface area contributed by atoms with Gasteiger partial charge in [0.05, 0.1) is 18.0 Å². The van der Waals surface area contributed by atoms with Gasteiger partial charge in [-0.2, -0.15) is 0 Å². The highest BCUT2D eigenvalue weighted by atomic mass is 16.6. The molecular formula is C28H42N7O4+. The van der Waals surface area contributed by atoms with Crippen LogP contribution in [0.3, 0.4) is 0 Å². The molecule has 1 aromatic carbocycles. The molecule has 0 radical (unpaired) electrons. The first-order chi connectivity index (χ1) is 18.5. The predicted octanol–water partition coefficient (Wildman–Crippen LogP) is 1.44. The lowest BCUT2D eigenvalue weighted by Gasteiger charge is -2.27.